The Balaban J connectivity index is 1.85. The smallest absolute Gasteiger partial charge is 0.463 e. The van der Waals surface area contributed by atoms with Gasteiger partial charge in [0, 0.05) is 31.2 Å². The number of para-hydroxylation sites is 2. The molecule has 1 heterocycles. The van der Waals surface area contributed by atoms with Crippen molar-refractivity contribution >= 4 is 5.91 Å². The first-order valence-electron chi connectivity index (χ1n) is 9.76. The van der Waals surface area contributed by atoms with Crippen LogP contribution in [0.25, 0.3) is 0 Å². The first-order valence-corrected chi connectivity index (χ1v) is 9.76. The summed E-state index contributed by atoms with van der Waals surface area (Å²) in [5.74, 6) is -0.674. The average molecular weight is 467 g/mol. The highest BCUT2D eigenvalue weighted by Gasteiger charge is 2.32. The number of carbonyl (C=O) groups excluding carboxylic acids is 1. The molecular weight excluding hydrogens is 446 g/mol. The maximum absolute atomic E-state index is 12.9. The summed E-state index contributed by atoms with van der Waals surface area (Å²) in [6.45, 7) is -0.936. The highest BCUT2D eigenvalue weighted by molar-refractivity contribution is 5.94. The molecular formula is C22H21F4N3O4. The molecule has 33 heavy (non-hydrogen) atoms. The topological polar surface area (TPSA) is 85.5 Å². The number of hydrogen-bond donors (Lipinski definition) is 2. The minimum atomic E-state index is -4.86. The predicted octanol–water partition coefficient (Wildman–Crippen LogP) is 4.28. The zero-order valence-electron chi connectivity index (χ0n) is 17.5. The van der Waals surface area contributed by atoms with Crippen LogP contribution in [0.15, 0.2) is 48.5 Å². The number of H-pyrrole nitrogens is 1. The van der Waals surface area contributed by atoms with E-state index in [2.05, 4.69) is 20.3 Å². The Kier molecular flexibility index (Phi) is 7.88. The maximum Gasteiger partial charge on any atom is 0.573 e. The van der Waals surface area contributed by atoms with Crippen molar-refractivity contribution in [2.75, 3.05) is 14.0 Å². The quantitative estimate of drug-likeness (QED) is 0.435. The van der Waals surface area contributed by atoms with Gasteiger partial charge in [0.15, 0.2) is 5.69 Å². The fourth-order valence-electron chi connectivity index (χ4n) is 3.22. The number of nitrogens with zero attached hydrogens (tertiary/aromatic N) is 1. The zero-order valence-corrected chi connectivity index (χ0v) is 17.5. The number of hydrogen-bond acceptors (Lipinski definition) is 5. The van der Waals surface area contributed by atoms with Crippen LogP contribution in [0, 0.1) is 0 Å². The molecule has 176 valence electrons. The minimum Gasteiger partial charge on any atom is -0.463 e. The molecule has 0 spiro atoms. The number of aromatic amines is 1. The Morgan fingerprint density at radius 1 is 1.06 bits per heavy atom. The third-order valence-electron chi connectivity index (χ3n) is 4.64. The van der Waals surface area contributed by atoms with E-state index in [0.717, 1.165) is 0 Å². The van der Waals surface area contributed by atoms with Gasteiger partial charge in [-0.15, -0.1) is 13.2 Å². The number of rotatable bonds is 10. The van der Waals surface area contributed by atoms with Crippen LogP contribution in [0.4, 0.5) is 17.6 Å². The Labute approximate surface area is 186 Å². The van der Waals surface area contributed by atoms with Gasteiger partial charge in [0.25, 0.3) is 5.91 Å². The number of methoxy groups -OCH3 is 1. The van der Waals surface area contributed by atoms with E-state index in [1.807, 2.05) is 0 Å². The van der Waals surface area contributed by atoms with Crippen molar-refractivity contribution in [2.24, 2.45) is 0 Å². The van der Waals surface area contributed by atoms with Gasteiger partial charge >= 0.3 is 6.36 Å². The average Bonchev–Trinajstić information content (AvgIpc) is 3.16. The van der Waals surface area contributed by atoms with Gasteiger partial charge in [-0.3, -0.25) is 9.89 Å². The summed E-state index contributed by atoms with van der Waals surface area (Å²) >= 11 is 0. The first-order chi connectivity index (χ1) is 15.8. The summed E-state index contributed by atoms with van der Waals surface area (Å²) in [4.78, 5) is 12.9. The van der Waals surface area contributed by atoms with E-state index in [9.17, 15) is 22.4 Å². The van der Waals surface area contributed by atoms with Crippen LogP contribution in [0.2, 0.25) is 0 Å². The van der Waals surface area contributed by atoms with Crippen molar-refractivity contribution in [3.8, 4) is 11.5 Å². The van der Waals surface area contributed by atoms with Crippen LogP contribution in [-0.4, -0.2) is 36.4 Å². The highest BCUT2D eigenvalue weighted by Crippen LogP contribution is 2.29. The molecule has 0 fully saturated rings. The number of benzene rings is 2. The maximum atomic E-state index is 12.9. The number of alkyl halides is 4. The van der Waals surface area contributed by atoms with Gasteiger partial charge in [-0.1, -0.05) is 36.4 Å². The molecule has 2 N–H and O–H groups in total. The summed E-state index contributed by atoms with van der Waals surface area (Å²) in [7, 11) is 1.44. The van der Waals surface area contributed by atoms with Crippen LogP contribution in [-0.2, 0) is 24.3 Å². The molecule has 0 unspecified atom stereocenters. The van der Waals surface area contributed by atoms with Gasteiger partial charge in [-0.25, -0.2) is 4.39 Å². The molecule has 0 aliphatic heterocycles. The fourth-order valence-corrected chi connectivity index (χ4v) is 3.22. The second kappa shape index (κ2) is 10.8. The molecule has 1 aromatic heterocycles. The summed E-state index contributed by atoms with van der Waals surface area (Å²) in [5, 5.41) is 9.41. The molecule has 3 rings (SSSR count). The SMILES string of the molecule is COCc1[nH]nc(C(=O)NCc2ccccc2OCF)c1Cc1ccccc1OC(F)(F)F. The standard InChI is InChI=1S/C22H21F4N3O4/c1-31-12-17-16(10-14-6-2-5-9-19(14)33-22(24,25)26)20(29-28-17)21(30)27-11-15-7-3-4-8-18(15)32-13-23/h2-9H,10-13H2,1H3,(H,27,30)(H,28,29). The molecule has 0 bridgehead atoms. The van der Waals surface area contributed by atoms with Gasteiger partial charge in [0.05, 0.1) is 12.3 Å². The molecule has 0 aliphatic rings. The Morgan fingerprint density at radius 3 is 2.39 bits per heavy atom. The van der Waals surface area contributed by atoms with E-state index in [1.54, 1.807) is 30.3 Å². The van der Waals surface area contributed by atoms with Crippen LogP contribution in [0.3, 0.4) is 0 Å². The molecule has 7 nitrogen and oxygen atoms in total. The molecule has 2 aromatic carbocycles. The van der Waals surface area contributed by atoms with Crippen LogP contribution < -0.4 is 14.8 Å². The predicted molar refractivity (Wildman–Crippen MR) is 109 cm³/mol. The lowest BCUT2D eigenvalue weighted by molar-refractivity contribution is -0.274. The highest BCUT2D eigenvalue weighted by atomic mass is 19.4. The third-order valence-corrected chi connectivity index (χ3v) is 4.64. The fraction of sp³-hybridized carbons (Fsp3) is 0.273. The van der Waals surface area contributed by atoms with Gasteiger partial charge in [-0.2, -0.15) is 5.10 Å². The second-order valence-electron chi connectivity index (χ2n) is 6.84. The van der Waals surface area contributed by atoms with Crippen LogP contribution in [0.5, 0.6) is 11.5 Å². The molecule has 0 radical (unpaired) electrons. The van der Waals surface area contributed by atoms with Gasteiger partial charge in [0.2, 0.25) is 6.86 Å². The van der Waals surface area contributed by atoms with E-state index in [4.69, 9.17) is 9.47 Å². The van der Waals surface area contributed by atoms with Crippen molar-refractivity contribution in [2.45, 2.75) is 25.9 Å². The van der Waals surface area contributed by atoms with Gasteiger partial charge in [0.1, 0.15) is 11.5 Å². The largest absolute Gasteiger partial charge is 0.573 e. The van der Waals surface area contributed by atoms with E-state index in [-0.39, 0.29) is 42.3 Å². The number of halogens is 4. The summed E-state index contributed by atoms with van der Waals surface area (Å²) in [6.07, 6.45) is -4.93. The molecule has 11 heteroatoms. The van der Waals surface area contributed by atoms with E-state index in [0.29, 0.717) is 16.8 Å². The lowest BCUT2D eigenvalue weighted by atomic mass is 10.0. The zero-order chi connectivity index (χ0) is 23.8. The molecule has 1 amide bonds. The Morgan fingerprint density at radius 2 is 1.73 bits per heavy atom. The van der Waals surface area contributed by atoms with Gasteiger partial charge in [-0.05, 0) is 17.7 Å². The summed E-state index contributed by atoms with van der Waals surface area (Å²) in [5.41, 5.74) is 1.55. The third kappa shape index (κ3) is 6.45. The molecule has 3 aromatic rings. The number of nitrogens with one attached hydrogen (secondary N) is 2. The van der Waals surface area contributed by atoms with E-state index < -0.39 is 19.1 Å². The Bertz CT molecular complexity index is 1090. The second-order valence-corrected chi connectivity index (χ2v) is 6.84. The summed E-state index contributed by atoms with van der Waals surface area (Å²) < 4.78 is 65.1. The van der Waals surface area contributed by atoms with Crippen molar-refractivity contribution in [1.82, 2.24) is 15.5 Å². The van der Waals surface area contributed by atoms with Crippen LogP contribution in [0.1, 0.15) is 32.9 Å². The molecule has 0 aliphatic carbocycles. The molecule has 0 saturated carbocycles. The minimum absolute atomic E-state index is 0.00671. The number of ether oxygens (including phenoxy) is 3. The number of aromatic nitrogens is 2. The van der Waals surface area contributed by atoms with Crippen molar-refractivity contribution in [3.63, 3.8) is 0 Å². The van der Waals surface area contributed by atoms with Gasteiger partial charge < -0.3 is 19.5 Å². The monoisotopic (exact) mass is 467 g/mol. The number of carbonyl (C=O) groups is 1. The van der Waals surface area contributed by atoms with Crippen molar-refractivity contribution in [1.29, 1.82) is 0 Å². The summed E-state index contributed by atoms with van der Waals surface area (Å²) in [6, 6.07) is 12.3. The normalized spacial score (nSPS) is 11.3. The number of amides is 1. The lowest BCUT2D eigenvalue weighted by Gasteiger charge is -2.14. The Hall–Kier alpha value is -3.60. The molecule has 0 atom stereocenters. The molecule has 0 saturated heterocycles. The lowest BCUT2D eigenvalue weighted by Crippen LogP contribution is -2.25. The van der Waals surface area contributed by atoms with Crippen LogP contribution >= 0.6 is 0 Å². The first kappa shape index (κ1) is 24.1. The van der Waals surface area contributed by atoms with Crippen molar-refractivity contribution in [3.05, 3.63) is 76.6 Å². The van der Waals surface area contributed by atoms with Crippen molar-refractivity contribution < 1.29 is 36.6 Å². The van der Waals surface area contributed by atoms with E-state index in [1.165, 1.54) is 25.3 Å². The van der Waals surface area contributed by atoms with E-state index >= 15 is 0 Å².